The number of anilines is 1. The molecular weight excluding hydrogens is 216 g/mol. The van der Waals surface area contributed by atoms with Crippen molar-refractivity contribution in [2.75, 3.05) is 18.5 Å². The molecule has 2 N–H and O–H groups in total. The van der Waals surface area contributed by atoms with E-state index in [2.05, 4.69) is 15.4 Å². The summed E-state index contributed by atoms with van der Waals surface area (Å²) in [7, 11) is 0. The van der Waals surface area contributed by atoms with Crippen LogP contribution in [0.1, 0.15) is 19.3 Å². The molecule has 0 aliphatic heterocycles. The molecule has 1 fully saturated rings. The topological polar surface area (TPSA) is 62.5 Å². The van der Waals surface area contributed by atoms with E-state index in [-0.39, 0.29) is 12.0 Å². The molecule has 0 aromatic carbocycles. The molecule has 0 bridgehead atoms. The summed E-state index contributed by atoms with van der Waals surface area (Å²) in [5, 5.41) is 16.6. The van der Waals surface area contributed by atoms with E-state index in [1.807, 2.05) is 24.4 Å². The lowest BCUT2D eigenvalue weighted by atomic mass is 10.0. The Morgan fingerprint density at radius 1 is 1.41 bits per heavy atom. The SMILES string of the molecule is OCCC1(CNc2nc3ccccn3n2)CC1. The monoisotopic (exact) mass is 232 g/mol. The first kappa shape index (κ1) is 10.5. The number of rotatable bonds is 5. The van der Waals surface area contributed by atoms with Crippen molar-refractivity contribution in [3.63, 3.8) is 0 Å². The zero-order valence-electron chi connectivity index (χ0n) is 9.63. The Morgan fingerprint density at radius 3 is 3.00 bits per heavy atom. The number of hydrogen-bond donors (Lipinski definition) is 2. The Bertz CT molecular complexity index is 485. The van der Waals surface area contributed by atoms with E-state index in [1.165, 1.54) is 12.8 Å². The third kappa shape index (κ3) is 2.10. The number of aliphatic hydroxyl groups excluding tert-OH is 1. The molecule has 3 rings (SSSR count). The predicted molar refractivity (Wildman–Crippen MR) is 64.8 cm³/mol. The fourth-order valence-electron chi connectivity index (χ4n) is 2.10. The van der Waals surface area contributed by atoms with E-state index < -0.39 is 0 Å². The molecule has 2 aromatic rings. The third-order valence-corrected chi connectivity index (χ3v) is 3.46. The van der Waals surface area contributed by atoms with E-state index in [0.717, 1.165) is 18.6 Å². The Labute approximate surface area is 99.5 Å². The van der Waals surface area contributed by atoms with Crippen LogP contribution in [0, 0.1) is 5.41 Å². The number of nitrogens with one attached hydrogen (secondary N) is 1. The third-order valence-electron chi connectivity index (χ3n) is 3.46. The van der Waals surface area contributed by atoms with Crippen molar-refractivity contribution in [1.29, 1.82) is 0 Å². The number of nitrogens with zero attached hydrogens (tertiary/aromatic N) is 3. The van der Waals surface area contributed by atoms with Crippen LogP contribution < -0.4 is 5.32 Å². The highest BCUT2D eigenvalue weighted by molar-refractivity contribution is 5.42. The minimum atomic E-state index is 0.264. The Kier molecular flexibility index (Phi) is 2.48. The fourth-order valence-corrected chi connectivity index (χ4v) is 2.10. The summed E-state index contributed by atoms with van der Waals surface area (Å²) in [6.45, 7) is 1.12. The molecule has 0 saturated heterocycles. The van der Waals surface area contributed by atoms with Gasteiger partial charge in [-0.15, -0.1) is 5.10 Å². The van der Waals surface area contributed by atoms with Crippen LogP contribution in [-0.2, 0) is 0 Å². The van der Waals surface area contributed by atoms with Gasteiger partial charge in [0.25, 0.3) is 0 Å². The van der Waals surface area contributed by atoms with E-state index in [0.29, 0.717) is 5.95 Å². The Balaban J connectivity index is 1.69. The van der Waals surface area contributed by atoms with E-state index in [4.69, 9.17) is 5.11 Å². The van der Waals surface area contributed by atoms with Crippen LogP contribution in [0.2, 0.25) is 0 Å². The summed E-state index contributed by atoms with van der Waals surface area (Å²) < 4.78 is 1.76. The van der Waals surface area contributed by atoms with Gasteiger partial charge in [-0.05, 0) is 36.8 Å². The van der Waals surface area contributed by atoms with Gasteiger partial charge in [0.1, 0.15) is 0 Å². The van der Waals surface area contributed by atoms with Gasteiger partial charge in [-0.3, -0.25) is 0 Å². The van der Waals surface area contributed by atoms with E-state index in [1.54, 1.807) is 4.52 Å². The van der Waals surface area contributed by atoms with Gasteiger partial charge in [-0.25, -0.2) is 4.52 Å². The second-order valence-corrected chi connectivity index (χ2v) is 4.77. The largest absolute Gasteiger partial charge is 0.396 e. The maximum Gasteiger partial charge on any atom is 0.243 e. The normalized spacial score (nSPS) is 17.2. The molecule has 90 valence electrons. The van der Waals surface area contributed by atoms with Gasteiger partial charge in [0.05, 0.1) is 0 Å². The summed E-state index contributed by atoms with van der Waals surface area (Å²) in [6.07, 6.45) is 5.13. The highest BCUT2D eigenvalue weighted by Gasteiger charge is 2.41. The van der Waals surface area contributed by atoms with Crippen LogP contribution in [0.5, 0.6) is 0 Å². The molecule has 0 unspecified atom stereocenters. The number of aliphatic hydroxyl groups is 1. The maximum absolute atomic E-state index is 8.99. The first-order valence-electron chi connectivity index (χ1n) is 5.98. The van der Waals surface area contributed by atoms with E-state index in [9.17, 15) is 0 Å². The lowest BCUT2D eigenvalue weighted by Gasteiger charge is -2.12. The molecule has 0 radical (unpaired) electrons. The van der Waals surface area contributed by atoms with E-state index >= 15 is 0 Å². The maximum atomic E-state index is 8.99. The van der Waals surface area contributed by atoms with Crippen molar-refractivity contribution < 1.29 is 5.11 Å². The number of fused-ring (bicyclic) bond motifs is 1. The van der Waals surface area contributed by atoms with Gasteiger partial charge in [-0.2, -0.15) is 4.98 Å². The molecule has 17 heavy (non-hydrogen) atoms. The lowest BCUT2D eigenvalue weighted by molar-refractivity contribution is 0.253. The lowest BCUT2D eigenvalue weighted by Crippen LogP contribution is -2.17. The molecule has 1 saturated carbocycles. The Hall–Kier alpha value is -1.62. The minimum absolute atomic E-state index is 0.264. The van der Waals surface area contributed by atoms with Crippen LogP contribution in [0.25, 0.3) is 5.65 Å². The molecule has 2 aromatic heterocycles. The summed E-state index contributed by atoms with van der Waals surface area (Å²) in [5.41, 5.74) is 1.13. The Morgan fingerprint density at radius 2 is 2.29 bits per heavy atom. The number of hydrogen-bond acceptors (Lipinski definition) is 4. The van der Waals surface area contributed by atoms with Crippen molar-refractivity contribution in [2.24, 2.45) is 5.41 Å². The molecule has 5 nitrogen and oxygen atoms in total. The predicted octanol–water partition coefficient (Wildman–Crippen LogP) is 1.30. The standard InChI is InChI=1S/C12H16N4O/c17-8-6-12(4-5-12)9-13-11-14-10-3-1-2-7-16(10)15-11/h1-3,7,17H,4-6,8-9H2,(H,13,15). The molecule has 1 aliphatic rings. The molecule has 0 spiro atoms. The molecule has 0 atom stereocenters. The summed E-state index contributed by atoms with van der Waals surface area (Å²) in [6, 6.07) is 5.81. The average molecular weight is 232 g/mol. The first-order chi connectivity index (χ1) is 8.31. The van der Waals surface area contributed by atoms with Crippen LogP contribution in [0.3, 0.4) is 0 Å². The second-order valence-electron chi connectivity index (χ2n) is 4.77. The zero-order valence-corrected chi connectivity index (χ0v) is 9.63. The quantitative estimate of drug-likeness (QED) is 0.815. The van der Waals surface area contributed by atoms with Crippen molar-refractivity contribution in [1.82, 2.24) is 14.6 Å². The summed E-state index contributed by atoms with van der Waals surface area (Å²) >= 11 is 0. The van der Waals surface area contributed by atoms with Gasteiger partial charge >= 0.3 is 0 Å². The summed E-state index contributed by atoms with van der Waals surface area (Å²) in [5.74, 6) is 0.667. The van der Waals surface area contributed by atoms with Crippen molar-refractivity contribution in [3.8, 4) is 0 Å². The van der Waals surface area contributed by atoms with Gasteiger partial charge in [0.15, 0.2) is 5.65 Å². The fraction of sp³-hybridized carbons (Fsp3) is 0.500. The number of aromatic nitrogens is 3. The second kappa shape index (κ2) is 4.00. The van der Waals surface area contributed by atoms with Crippen LogP contribution in [0.4, 0.5) is 5.95 Å². The minimum Gasteiger partial charge on any atom is -0.396 e. The zero-order chi connectivity index (χ0) is 11.7. The van der Waals surface area contributed by atoms with Gasteiger partial charge in [0, 0.05) is 19.3 Å². The average Bonchev–Trinajstić information content (AvgIpc) is 2.98. The van der Waals surface area contributed by atoms with Gasteiger partial charge in [0.2, 0.25) is 5.95 Å². The summed E-state index contributed by atoms with van der Waals surface area (Å²) in [4.78, 5) is 4.38. The van der Waals surface area contributed by atoms with Gasteiger partial charge in [-0.1, -0.05) is 6.07 Å². The molecule has 0 amide bonds. The molecule has 2 heterocycles. The number of pyridine rings is 1. The highest BCUT2D eigenvalue weighted by Crippen LogP contribution is 2.48. The van der Waals surface area contributed by atoms with Crippen LogP contribution >= 0.6 is 0 Å². The molecular formula is C12H16N4O. The van der Waals surface area contributed by atoms with Gasteiger partial charge < -0.3 is 10.4 Å². The van der Waals surface area contributed by atoms with Crippen molar-refractivity contribution in [2.45, 2.75) is 19.3 Å². The van der Waals surface area contributed by atoms with Crippen molar-refractivity contribution >= 4 is 11.6 Å². The highest BCUT2D eigenvalue weighted by atomic mass is 16.3. The molecule has 5 heteroatoms. The first-order valence-corrected chi connectivity index (χ1v) is 5.98. The van der Waals surface area contributed by atoms with Crippen molar-refractivity contribution in [3.05, 3.63) is 24.4 Å². The van der Waals surface area contributed by atoms with Crippen LogP contribution in [-0.4, -0.2) is 32.9 Å². The van der Waals surface area contributed by atoms with Crippen LogP contribution in [0.15, 0.2) is 24.4 Å². The smallest absolute Gasteiger partial charge is 0.243 e. The molecule has 1 aliphatic carbocycles.